The number of pyridine rings is 1. The minimum Gasteiger partial charge on any atom is -0.492 e. The molecule has 0 radical (unpaired) electrons. The van der Waals surface area contributed by atoms with Gasteiger partial charge in [-0.25, -0.2) is 13.4 Å². The number of nitrogens with zero attached hydrogens (tertiary/aromatic N) is 3. The largest absolute Gasteiger partial charge is 0.492 e. The average Bonchev–Trinajstić information content (AvgIpc) is 3.60. The van der Waals surface area contributed by atoms with Crippen molar-refractivity contribution in [3.8, 4) is 5.75 Å². The van der Waals surface area contributed by atoms with Gasteiger partial charge in [-0.1, -0.05) is 11.6 Å². The molecule has 0 atom stereocenters. The molecule has 1 aromatic carbocycles. The van der Waals surface area contributed by atoms with Gasteiger partial charge in [-0.2, -0.15) is 13.2 Å². The van der Waals surface area contributed by atoms with Crippen LogP contribution in [0.25, 0.3) is 0 Å². The van der Waals surface area contributed by atoms with Gasteiger partial charge in [-0.15, -0.1) is 0 Å². The quantitative estimate of drug-likeness (QED) is 0.541. The number of alkyl halides is 3. The summed E-state index contributed by atoms with van der Waals surface area (Å²) in [6.07, 6.45) is -1.39. The first-order valence-corrected chi connectivity index (χ1v) is 13.0. The van der Waals surface area contributed by atoms with E-state index in [1.54, 1.807) is 9.80 Å². The van der Waals surface area contributed by atoms with Gasteiger partial charge in [-0.05, 0) is 49.1 Å². The van der Waals surface area contributed by atoms with Crippen LogP contribution in [0.1, 0.15) is 28.8 Å². The highest BCUT2D eigenvalue weighted by molar-refractivity contribution is 7.90. The maximum atomic E-state index is 13.3. The predicted octanol–water partition coefficient (Wildman–Crippen LogP) is 3.91. The number of benzene rings is 1. The van der Waals surface area contributed by atoms with Crippen LogP contribution in [0.2, 0.25) is 5.15 Å². The molecule has 1 aliphatic carbocycles. The number of hydrogen-bond acceptors (Lipinski definition) is 6. The van der Waals surface area contributed by atoms with Crippen LogP contribution in [-0.4, -0.2) is 63.3 Å². The van der Waals surface area contributed by atoms with Crippen molar-refractivity contribution < 1.29 is 31.1 Å². The average molecular weight is 518 g/mol. The van der Waals surface area contributed by atoms with E-state index in [0.29, 0.717) is 31.4 Å². The van der Waals surface area contributed by atoms with Crippen LogP contribution in [0.15, 0.2) is 35.2 Å². The molecule has 0 N–H and O–H groups in total. The lowest BCUT2D eigenvalue weighted by atomic mass is 10.1. The Morgan fingerprint density at radius 2 is 1.82 bits per heavy atom. The van der Waals surface area contributed by atoms with Gasteiger partial charge in [-0.3, -0.25) is 4.79 Å². The number of halogens is 4. The fourth-order valence-electron chi connectivity index (χ4n) is 3.65. The summed E-state index contributed by atoms with van der Waals surface area (Å²) >= 11 is 5.73. The summed E-state index contributed by atoms with van der Waals surface area (Å²) in [6, 6.07) is 6.42. The Kier molecular flexibility index (Phi) is 6.69. The molecule has 4 rings (SSSR count). The Hall–Kier alpha value is -2.53. The van der Waals surface area contributed by atoms with E-state index >= 15 is 0 Å². The SMILES string of the molecule is CS(=O)(=O)c1ccc(OCC2CC2)c(C(=O)N2CCN(c3ccc(C(F)(F)F)c(Cl)n3)CC2)c1. The highest BCUT2D eigenvalue weighted by atomic mass is 35.5. The maximum absolute atomic E-state index is 13.3. The third kappa shape index (κ3) is 5.57. The van der Waals surface area contributed by atoms with Gasteiger partial charge in [0.1, 0.15) is 16.7 Å². The van der Waals surface area contributed by atoms with E-state index in [9.17, 15) is 26.4 Å². The Labute approximate surface area is 200 Å². The van der Waals surface area contributed by atoms with Gasteiger partial charge in [0, 0.05) is 32.4 Å². The summed E-state index contributed by atoms with van der Waals surface area (Å²) < 4.78 is 68.7. The smallest absolute Gasteiger partial charge is 0.419 e. The molecule has 1 aromatic heterocycles. The second kappa shape index (κ2) is 9.26. The molecule has 0 spiro atoms. The van der Waals surface area contributed by atoms with E-state index in [2.05, 4.69) is 4.98 Å². The third-order valence-corrected chi connectivity index (χ3v) is 7.21. The predicted molar refractivity (Wildman–Crippen MR) is 120 cm³/mol. The highest BCUT2D eigenvalue weighted by Gasteiger charge is 2.34. The zero-order chi connectivity index (χ0) is 24.7. The van der Waals surface area contributed by atoms with Crippen molar-refractivity contribution >= 4 is 33.2 Å². The topological polar surface area (TPSA) is 79.8 Å². The molecule has 2 fully saturated rings. The first-order chi connectivity index (χ1) is 15.9. The molecule has 7 nitrogen and oxygen atoms in total. The molecule has 2 heterocycles. The number of rotatable bonds is 6. The van der Waals surface area contributed by atoms with E-state index in [4.69, 9.17) is 16.3 Å². The molecule has 1 aliphatic heterocycles. The van der Waals surface area contributed by atoms with Crippen molar-refractivity contribution in [2.75, 3.05) is 43.9 Å². The maximum Gasteiger partial charge on any atom is 0.419 e. The third-order valence-electron chi connectivity index (χ3n) is 5.81. The molecule has 0 bridgehead atoms. The van der Waals surface area contributed by atoms with Gasteiger partial charge in [0.05, 0.1) is 22.6 Å². The second-order valence-electron chi connectivity index (χ2n) is 8.47. The zero-order valence-electron chi connectivity index (χ0n) is 18.3. The molecule has 34 heavy (non-hydrogen) atoms. The number of hydrogen-bond donors (Lipinski definition) is 0. The van der Waals surface area contributed by atoms with Crippen LogP contribution in [0.3, 0.4) is 0 Å². The van der Waals surface area contributed by atoms with Crippen LogP contribution in [0, 0.1) is 5.92 Å². The van der Waals surface area contributed by atoms with Gasteiger partial charge in [0.2, 0.25) is 0 Å². The molecule has 1 saturated carbocycles. The van der Waals surface area contributed by atoms with Crippen molar-refractivity contribution in [3.63, 3.8) is 0 Å². The highest BCUT2D eigenvalue weighted by Crippen LogP contribution is 2.35. The molecule has 2 aromatic rings. The van der Waals surface area contributed by atoms with Crippen LogP contribution in [-0.2, 0) is 16.0 Å². The summed E-state index contributed by atoms with van der Waals surface area (Å²) in [6.45, 7) is 1.65. The molecule has 184 valence electrons. The summed E-state index contributed by atoms with van der Waals surface area (Å²) in [5.74, 6) is 0.707. The van der Waals surface area contributed by atoms with Crippen molar-refractivity contribution in [2.24, 2.45) is 5.92 Å². The van der Waals surface area contributed by atoms with Gasteiger partial charge < -0.3 is 14.5 Å². The monoisotopic (exact) mass is 517 g/mol. The Morgan fingerprint density at radius 1 is 1.15 bits per heavy atom. The minimum atomic E-state index is -4.59. The van der Waals surface area contributed by atoms with Crippen LogP contribution in [0.4, 0.5) is 19.0 Å². The van der Waals surface area contributed by atoms with Crippen LogP contribution >= 0.6 is 11.6 Å². The second-order valence-corrected chi connectivity index (χ2v) is 10.8. The van der Waals surface area contributed by atoms with E-state index in [1.807, 2.05) is 0 Å². The lowest BCUT2D eigenvalue weighted by Gasteiger charge is -2.35. The van der Waals surface area contributed by atoms with Crippen molar-refractivity contribution in [2.45, 2.75) is 23.9 Å². The number of aromatic nitrogens is 1. The minimum absolute atomic E-state index is 0.0249. The summed E-state index contributed by atoms with van der Waals surface area (Å²) in [7, 11) is -3.52. The lowest BCUT2D eigenvalue weighted by Crippen LogP contribution is -2.49. The Bertz CT molecular complexity index is 1190. The molecule has 0 unspecified atom stereocenters. The van der Waals surface area contributed by atoms with E-state index in [1.165, 1.54) is 24.3 Å². The standard InChI is InChI=1S/C22H23ClF3N3O4S/c1-34(31,32)15-4-6-18(33-13-14-2-3-14)16(12-15)21(30)29-10-8-28(9-11-29)19-7-5-17(20(23)27-19)22(24,25)26/h4-7,12,14H,2-3,8-11,13H2,1H3. The van der Waals surface area contributed by atoms with Gasteiger partial charge in [0.15, 0.2) is 9.84 Å². The number of ether oxygens (including phenoxy) is 1. The molecule has 2 aliphatic rings. The molecule has 1 saturated heterocycles. The first-order valence-electron chi connectivity index (χ1n) is 10.7. The van der Waals surface area contributed by atoms with E-state index in [0.717, 1.165) is 25.2 Å². The van der Waals surface area contributed by atoms with Gasteiger partial charge in [0.25, 0.3) is 5.91 Å². The Morgan fingerprint density at radius 3 is 2.38 bits per heavy atom. The fraction of sp³-hybridized carbons (Fsp3) is 0.455. The Balaban J connectivity index is 1.49. The molecular formula is C22H23ClF3N3O4S. The molecular weight excluding hydrogens is 495 g/mol. The van der Waals surface area contributed by atoms with Crippen molar-refractivity contribution in [1.29, 1.82) is 0 Å². The number of carbonyl (C=O) groups is 1. The van der Waals surface area contributed by atoms with E-state index < -0.39 is 26.7 Å². The lowest BCUT2D eigenvalue weighted by molar-refractivity contribution is -0.137. The molecule has 12 heteroatoms. The number of anilines is 1. The molecule has 1 amide bonds. The normalized spacial score (nSPS) is 17.1. The van der Waals surface area contributed by atoms with E-state index in [-0.39, 0.29) is 35.3 Å². The number of sulfone groups is 1. The van der Waals surface area contributed by atoms with Crippen molar-refractivity contribution in [1.82, 2.24) is 9.88 Å². The number of carbonyl (C=O) groups excluding carboxylic acids is 1. The van der Waals surface area contributed by atoms with Crippen molar-refractivity contribution in [3.05, 3.63) is 46.6 Å². The first kappa shape index (κ1) is 24.6. The number of amides is 1. The fourth-order valence-corrected chi connectivity index (χ4v) is 4.55. The number of piperazine rings is 1. The van der Waals surface area contributed by atoms with Crippen LogP contribution in [0.5, 0.6) is 5.75 Å². The summed E-state index contributed by atoms with van der Waals surface area (Å²) in [4.78, 5) is 20.5. The summed E-state index contributed by atoms with van der Waals surface area (Å²) in [5, 5.41) is -0.626. The zero-order valence-corrected chi connectivity index (χ0v) is 19.9. The summed E-state index contributed by atoms with van der Waals surface area (Å²) in [5.41, 5.74) is -0.830. The van der Waals surface area contributed by atoms with Gasteiger partial charge >= 0.3 is 6.18 Å². The van der Waals surface area contributed by atoms with Crippen LogP contribution < -0.4 is 9.64 Å².